The van der Waals surface area contributed by atoms with Crippen molar-refractivity contribution in [2.24, 2.45) is 11.1 Å². The molecule has 0 spiro atoms. The third kappa shape index (κ3) is 4.22. The molecular formula is C27H32FN5O3. The number of hydrogen-bond acceptors (Lipinski definition) is 6. The average molecular weight is 494 g/mol. The molecule has 0 bridgehead atoms. The molecule has 8 nitrogen and oxygen atoms in total. The van der Waals surface area contributed by atoms with Crippen LogP contribution in [0.3, 0.4) is 0 Å². The number of hydrogen-bond donors (Lipinski definition) is 2. The zero-order valence-electron chi connectivity index (χ0n) is 21.1. The largest absolute Gasteiger partial charge is 0.451 e. The first kappa shape index (κ1) is 24.3. The number of para-hydroxylation sites is 2. The SMILES string of the molecule is CN(C)CC(C)(C)CNC(=O)c1cn2c3c(c(N4CCC(N)C4)c(F)cc3c1=O)Oc1ccccc1-2. The molecule has 1 aromatic heterocycles. The van der Waals surface area contributed by atoms with Crippen LogP contribution < -0.4 is 26.1 Å². The predicted molar refractivity (Wildman–Crippen MR) is 139 cm³/mol. The van der Waals surface area contributed by atoms with Crippen LogP contribution in [0.1, 0.15) is 30.6 Å². The Hall–Kier alpha value is -3.43. The number of aromatic nitrogens is 1. The van der Waals surface area contributed by atoms with Crippen molar-refractivity contribution in [2.45, 2.75) is 26.3 Å². The number of carbonyl (C=O) groups excluding carboxylic acids is 1. The summed E-state index contributed by atoms with van der Waals surface area (Å²) in [4.78, 5) is 30.7. The van der Waals surface area contributed by atoms with Crippen molar-refractivity contribution in [1.82, 2.24) is 14.8 Å². The van der Waals surface area contributed by atoms with E-state index in [1.54, 1.807) is 16.8 Å². The second kappa shape index (κ2) is 8.90. The minimum absolute atomic E-state index is 0.0406. The average Bonchev–Trinajstić information content (AvgIpc) is 3.23. The molecule has 2 aromatic carbocycles. The van der Waals surface area contributed by atoms with Gasteiger partial charge >= 0.3 is 0 Å². The fourth-order valence-corrected chi connectivity index (χ4v) is 5.33. The van der Waals surface area contributed by atoms with Gasteiger partial charge in [0.1, 0.15) is 16.8 Å². The van der Waals surface area contributed by atoms with Crippen LogP contribution in [0.4, 0.5) is 10.1 Å². The van der Waals surface area contributed by atoms with E-state index in [0.29, 0.717) is 42.3 Å². The number of amides is 1. The van der Waals surface area contributed by atoms with Crippen LogP contribution in [0.5, 0.6) is 11.5 Å². The zero-order valence-corrected chi connectivity index (χ0v) is 21.1. The molecular weight excluding hydrogens is 461 g/mol. The topological polar surface area (TPSA) is 92.8 Å². The Morgan fingerprint density at radius 2 is 2.06 bits per heavy atom. The first-order chi connectivity index (χ1) is 17.1. The van der Waals surface area contributed by atoms with Crippen LogP contribution >= 0.6 is 0 Å². The lowest BCUT2D eigenvalue weighted by atomic mass is 9.93. The lowest BCUT2D eigenvalue weighted by Gasteiger charge is -2.29. The number of nitrogens with zero attached hydrogens (tertiary/aromatic N) is 3. The number of benzene rings is 2. The van der Waals surface area contributed by atoms with Gasteiger partial charge in [-0.2, -0.15) is 0 Å². The molecule has 1 unspecified atom stereocenters. The van der Waals surface area contributed by atoms with Crippen LogP contribution in [0.25, 0.3) is 16.6 Å². The molecule has 9 heteroatoms. The highest BCUT2D eigenvalue weighted by Crippen LogP contribution is 2.46. The summed E-state index contributed by atoms with van der Waals surface area (Å²) < 4.78 is 23.6. The van der Waals surface area contributed by atoms with Gasteiger partial charge in [-0.3, -0.25) is 9.59 Å². The van der Waals surface area contributed by atoms with E-state index in [1.807, 2.05) is 55.9 Å². The van der Waals surface area contributed by atoms with Crippen molar-refractivity contribution in [3.05, 3.63) is 58.1 Å². The zero-order chi connectivity index (χ0) is 25.8. The normalized spacial score (nSPS) is 16.9. The Morgan fingerprint density at radius 1 is 1.31 bits per heavy atom. The Kier molecular flexibility index (Phi) is 6.00. The number of anilines is 1. The van der Waals surface area contributed by atoms with Crippen LogP contribution in [0.2, 0.25) is 0 Å². The number of halogens is 1. The lowest BCUT2D eigenvalue weighted by molar-refractivity contribution is 0.0927. The Labute approximate surface area is 209 Å². The summed E-state index contributed by atoms with van der Waals surface area (Å²) in [5.41, 5.74) is 6.73. The van der Waals surface area contributed by atoms with Gasteiger partial charge in [0.05, 0.1) is 11.1 Å². The van der Waals surface area contributed by atoms with Gasteiger partial charge in [0.2, 0.25) is 5.43 Å². The molecule has 5 rings (SSSR count). The van der Waals surface area contributed by atoms with Gasteiger partial charge in [-0.05, 0) is 44.1 Å². The number of rotatable bonds is 6. The molecule has 3 aromatic rings. The number of pyridine rings is 1. The molecule has 2 aliphatic heterocycles. The van der Waals surface area contributed by atoms with Gasteiger partial charge in [-0.1, -0.05) is 26.0 Å². The van der Waals surface area contributed by atoms with Crippen molar-refractivity contribution < 1.29 is 13.9 Å². The molecule has 1 amide bonds. The van der Waals surface area contributed by atoms with Crippen LogP contribution in [-0.4, -0.2) is 61.7 Å². The number of carbonyl (C=O) groups is 1. The van der Waals surface area contributed by atoms with Crippen molar-refractivity contribution in [2.75, 3.05) is 45.2 Å². The second-order valence-electron chi connectivity index (χ2n) is 10.8. The van der Waals surface area contributed by atoms with E-state index >= 15 is 4.39 Å². The molecule has 190 valence electrons. The van der Waals surface area contributed by atoms with Crippen molar-refractivity contribution in [3.8, 4) is 17.2 Å². The molecule has 0 saturated carbocycles. The minimum atomic E-state index is -0.570. The number of ether oxygens (including phenoxy) is 1. The third-order valence-electron chi connectivity index (χ3n) is 6.77. The molecule has 1 saturated heterocycles. The highest BCUT2D eigenvalue weighted by Gasteiger charge is 2.32. The van der Waals surface area contributed by atoms with Gasteiger partial charge in [-0.25, -0.2) is 4.39 Å². The van der Waals surface area contributed by atoms with E-state index < -0.39 is 17.2 Å². The molecule has 36 heavy (non-hydrogen) atoms. The summed E-state index contributed by atoms with van der Waals surface area (Å²) in [6, 6.07) is 8.48. The maximum absolute atomic E-state index is 15.6. The Balaban J connectivity index is 1.65. The van der Waals surface area contributed by atoms with E-state index in [9.17, 15) is 9.59 Å². The monoisotopic (exact) mass is 493 g/mol. The minimum Gasteiger partial charge on any atom is -0.451 e. The Bertz CT molecular complexity index is 1410. The van der Waals surface area contributed by atoms with E-state index in [2.05, 4.69) is 5.32 Å². The summed E-state index contributed by atoms with van der Waals surface area (Å²) in [6.45, 7) is 6.33. The van der Waals surface area contributed by atoms with Gasteiger partial charge < -0.3 is 30.2 Å². The molecule has 0 aliphatic carbocycles. The third-order valence-corrected chi connectivity index (χ3v) is 6.77. The van der Waals surface area contributed by atoms with Crippen LogP contribution in [0.15, 0.2) is 41.3 Å². The van der Waals surface area contributed by atoms with Crippen molar-refractivity contribution in [1.29, 1.82) is 0 Å². The van der Waals surface area contributed by atoms with Crippen molar-refractivity contribution in [3.63, 3.8) is 0 Å². The highest BCUT2D eigenvalue weighted by atomic mass is 19.1. The summed E-state index contributed by atoms with van der Waals surface area (Å²) in [5.74, 6) is -0.268. The first-order valence-electron chi connectivity index (χ1n) is 12.2. The lowest BCUT2D eigenvalue weighted by Crippen LogP contribution is -2.41. The van der Waals surface area contributed by atoms with Gasteiger partial charge in [0.15, 0.2) is 17.3 Å². The fraction of sp³-hybridized carbons (Fsp3) is 0.407. The van der Waals surface area contributed by atoms with E-state index in [-0.39, 0.29) is 28.2 Å². The van der Waals surface area contributed by atoms with Gasteiger partial charge in [-0.15, -0.1) is 0 Å². The molecule has 1 atom stereocenters. The van der Waals surface area contributed by atoms with Gasteiger partial charge in [0.25, 0.3) is 5.91 Å². The molecule has 3 heterocycles. The summed E-state index contributed by atoms with van der Waals surface area (Å²) in [6.07, 6.45) is 2.28. The van der Waals surface area contributed by atoms with Gasteiger partial charge in [0, 0.05) is 38.4 Å². The van der Waals surface area contributed by atoms with Crippen LogP contribution in [-0.2, 0) is 0 Å². The molecule has 3 N–H and O–H groups in total. The summed E-state index contributed by atoms with van der Waals surface area (Å²) in [7, 11) is 3.94. The second-order valence-corrected chi connectivity index (χ2v) is 10.8. The quantitative estimate of drug-likeness (QED) is 0.429. The smallest absolute Gasteiger partial charge is 0.256 e. The standard InChI is InChI=1S/C27H32FN5O3/c1-27(2,15-31(3)4)14-30-26(35)18-13-33-20-7-5-6-8-21(20)36-25-22(33)17(24(18)34)11-19(28)23(25)32-10-9-16(29)12-32/h5-8,11,13,16H,9-10,12,14-15,29H2,1-4H3,(H,30,35). The maximum Gasteiger partial charge on any atom is 0.256 e. The van der Waals surface area contributed by atoms with Crippen molar-refractivity contribution >= 4 is 22.5 Å². The van der Waals surface area contributed by atoms with E-state index in [1.165, 1.54) is 6.07 Å². The number of fused-ring (bicyclic) bond motifs is 2. The van der Waals surface area contributed by atoms with E-state index in [4.69, 9.17) is 10.5 Å². The maximum atomic E-state index is 15.6. The Morgan fingerprint density at radius 3 is 2.75 bits per heavy atom. The summed E-state index contributed by atoms with van der Waals surface area (Å²) >= 11 is 0. The summed E-state index contributed by atoms with van der Waals surface area (Å²) in [5, 5.41) is 3.01. The number of nitrogens with one attached hydrogen (secondary N) is 1. The predicted octanol–water partition coefficient (Wildman–Crippen LogP) is 3.09. The molecule has 1 fully saturated rings. The molecule has 0 radical (unpaired) electrons. The highest BCUT2D eigenvalue weighted by molar-refractivity contribution is 6.01. The molecule has 2 aliphatic rings. The first-order valence-corrected chi connectivity index (χ1v) is 12.2. The van der Waals surface area contributed by atoms with E-state index in [0.717, 1.165) is 13.0 Å². The van der Waals surface area contributed by atoms with Crippen LogP contribution in [0, 0.1) is 11.2 Å². The fourth-order valence-electron chi connectivity index (χ4n) is 5.33. The number of nitrogens with two attached hydrogens (primary N) is 1.